The Balaban J connectivity index is 1.58. The molecule has 2 aromatic carbocycles. The number of carbonyl (C=O) groups excluding carboxylic acids is 1. The third-order valence-corrected chi connectivity index (χ3v) is 6.32. The molecular weight excluding hydrogens is 412 g/mol. The molecule has 2 N–H and O–H groups in total. The lowest BCUT2D eigenvalue weighted by molar-refractivity contribution is 0.0972. The normalized spacial score (nSPS) is 16.0. The van der Waals surface area contributed by atoms with Crippen molar-refractivity contribution in [1.29, 1.82) is 0 Å². The topological polar surface area (TPSA) is 78.1 Å². The van der Waals surface area contributed by atoms with Gasteiger partial charge in [0.15, 0.2) is 0 Å². The first-order chi connectivity index (χ1) is 16.1. The number of H-pyrrole nitrogens is 1. The van der Waals surface area contributed by atoms with Crippen LogP contribution in [0.2, 0.25) is 0 Å². The Hall–Kier alpha value is -3.77. The second-order valence-corrected chi connectivity index (χ2v) is 8.47. The highest BCUT2D eigenvalue weighted by molar-refractivity contribution is 6.11. The average Bonchev–Trinajstić information content (AvgIpc) is 2.85. The minimum Gasteiger partial charge on any atom is -0.329 e. The van der Waals surface area contributed by atoms with E-state index in [1.165, 1.54) is 0 Å². The molecule has 0 aliphatic carbocycles. The largest absolute Gasteiger partial charge is 0.329 e. The summed E-state index contributed by atoms with van der Waals surface area (Å²) >= 11 is 0. The van der Waals surface area contributed by atoms with Crippen molar-refractivity contribution in [2.24, 2.45) is 0 Å². The predicted molar refractivity (Wildman–Crippen MR) is 132 cm³/mol. The molecule has 1 atom stereocenters. The van der Waals surface area contributed by atoms with Gasteiger partial charge in [-0.25, -0.2) is 4.98 Å². The van der Waals surface area contributed by atoms with Crippen LogP contribution in [0.15, 0.2) is 77.9 Å². The van der Waals surface area contributed by atoms with Crippen LogP contribution in [0.3, 0.4) is 0 Å². The third kappa shape index (κ3) is 4.05. The summed E-state index contributed by atoms with van der Waals surface area (Å²) < 4.78 is 0. The zero-order valence-corrected chi connectivity index (χ0v) is 18.5. The molecule has 5 rings (SSSR count). The van der Waals surface area contributed by atoms with Gasteiger partial charge in [0.1, 0.15) is 5.82 Å². The number of benzene rings is 2. The van der Waals surface area contributed by atoms with E-state index in [-0.39, 0.29) is 17.5 Å². The third-order valence-electron chi connectivity index (χ3n) is 6.32. The highest BCUT2D eigenvalue weighted by atomic mass is 16.2. The molecule has 0 spiro atoms. The van der Waals surface area contributed by atoms with Crippen LogP contribution in [-0.4, -0.2) is 35.0 Å². The number of rotatable bonds is 4. The molecule has 6 heteroatoms. The highest BCUT2D eigenvalue weighted by Gasteiger charge is 2.30. The highest BCUT2D eigenvalue weighted by Crippen LogP contribution is 2.31. The Kier molecular flexibility index (Phi) is 5.75. The number of aryl methyl sites for hydroxylation is 1. The molecule has 6 nitrogen and oxygen atoms in total. The second-order valence-electron chi connectivity index (χ2n) is 8.47. The molecular formula is C27H26N4O2. The van der Waals surface area contributed by atoms with Crippen LogP contribution in [0.1, 0.15) is 28.8 Å². The Morgan fingerprint density at radius 2 is 1.91 bits per heavy atom. The molecule has 33 heavy (non-hydrogen) atoms. The maximum absolute atomic E-state index is 13.9. The van der Waals surface area contributed by atoms with Crippen molar-refractivity contribution in [1.82, 2.24) is 15.3 Å². The summed E-state index contributed by atoms with van der Waals surface area (Å²) in [5.74, 6) is 0.619. The smallest absolute Gasteiger partial charge is 0.259 e. The number of amides is 1. The molecule has 0 saturated carbocycles. The first-order valence-corrected chi connectivity index (χ1v) is 11.3. The number of nitrogens with zero attached hydrogens (tertiary/aromatic N) is 2. The molecule has 0 radical (unpaired) electrons. The van der Waals surface area contributed by atoms with E-state index in [4.69, 9.17) is 4.98 Å². The van der Waals surface area contributed by atoms with Gasteiger partial charge in [-0.1, -0.05) is 30.3 Å². The van der Waals surface area contributed by atoms with Gasteiger partial charge >= 0.3 is 0 Å². The minimum absolute atomic E-state index is 0.0144. The van der Waals surface area contributed by atoms with Gasteiger partial charge in [-0.15, -0.1) is 0 Å². The summed E-state index contributed by atoms with van der Waals surface area (Å²) in [5.41, 5.74) is 2.87. The lowest BCUT2D eigenvalue weighted by Gasteiger charge is -2.35. The average molecular weight is 439 g/mol. The van der Waals surface area contributed by atoms with E-state index in [0.717, 1.165) is 47.8 Å². The number of anilines is 1. The molecule has 1 aliphatic heterocycles. The molecule has 3 heterocycles. The zero-order chi connectivity index (χ0) is 22.8. The van der Waals surface area contributed by atoms with Crippen molar-refractivity contribution < 1.29 is 4.79 Å². The van der Waals surface area contributed by atoms with Gasteiger partial charge in [0.05, 0.1) is 6.04 Å². The van der Waals surface area contributed by atoms with Gasteiger partial charge in [0, 0.05) is 35.5 Å². The van der Waals surface area contributed by atoms with Crippen LogP contribution in [0, 0.1) is 6.92 Å². The fraction of sp³-hybridized carbons (Fsp3) is 0.222. The van der Waals surface area contributed by atoms with Crippen LogP contribution in [0.4, 0.5) is 5.82 Å². The molecule has 166 valence electrons. The fourth-order valence-electron chi connectivity index (χ4n) is 4.64. The van der Waals surface area contributed by atoms with E-state index in [1.54, 1.807) is 36.7 Å². The van der Waals surface area contributed by atoms with E-state index in [2.05, 4.69) is 29.4 Å². The number of aromatic amines is 1. The first kappa shape index (κ1) is 21.1. The molecule has 1 amide bonds. The number of hydrogen-bond donors (Lipinski definition) is 2. The van der Waals surface area contributed by atoms with Crippen LogP contribution in [0.5, 0.6) is 0 Å². The zero-order valence-electron chi connectivity index (χ0n) is 18.5. The van der Waals surface area contributed by atoms with E-state index in [9.17, 15) is 9.59 Å². The van der Waals surface area contributed by atoms with Crippen LogP contribution >= 0.6 is 0 Å². The number of piperidine rings is 1. The monoisotopic (exact) mass is 438 g/mol. The van der Waals surface area contributed by atoms with Crippen molar-refractivity contribution >= 4 is 22.5 Å². The number of carbonyl (C=O) groups is 1. The van der Waals surface area contributed by atoms with Crippen molar-refractivity contribution in [3.63, 3.8) is 0 Å². The maximum atomic E-state index is 13.9. The summed E-state index contributed by atoms with van der Waals surface area (Å²) in [4.78, 5) is 35.3. The maximum Gasteiger partial charge on any atom is 0.259 e. The van der Waals surface area contributed by atoms with Gasteiger partial charge in [-0.05, 0) is 73.2 Å². The lowest BCUT2D eigenvalue weighted by Crippen LogP contribution is -2.49. The Bertz CT molecular complexity index is 1350. The molecule has 0 bridgehead atoms. The molecule has 1 aliphatic rings. The van der Waals surface area contributed by atoms with Crippen LogP contribution < -0.4 is 15.8 Å². The molecule has 1 unspecified atom stereocenters. The van der Waals surface area contributed by atoms with E-state index in [1.807, 2.05) is 29.2 Å². The van der Waals surface area contributed by atoms with E-state index < -0.39 is 0 Å². The molecule has 1 fully saturated rings. The summed E-state index contributed by atoms with van der Waals surface area (Å²) in [5, 5.41) is 5.51. The summed E-state index contributed by atoms with van der Waals surface area (Å²) in [6.45, 7) is 3.75. The Morgan fingerprint density at radius 3 is 2.67 bits per heavy atom. The number of nitrogens with one attached hydrogen (secondary N) is 2. The molecule has 1 saturated heterocycles. The van der Waals surface area contributed by atoms with Gasteiger partial charge in [0.25, 0.3) is 11.5 Å². The van der Waals surface area contributed by atoms with Crippen molar-refractivity contribution in [2.45, 2.75) is 25.8 Å². The first-order valence-electron chi connectivity index (χ1n) is 11.3. The van der Waals surface area contributed by atoms with Gasteiger partial charge in [0.2, 0.25) is 0 Å². The number of pyridine rings is 2. The Labute approximate surface area is 192 Å². The number of hydrogen-bond acceptors (Lipinski definition) is 4. The molecule has 2 aromatic heterocycles. The van der Waals surface area contributed by atoms with E-state index in [0.29, 0.717) is 16.9 Å². The summed E-state index contributed by atoms with van der Waals surface area (Å²) in [7, 11) is 0. The van der Waals surface area contributed by atoms with Gasteiger partial charge in [-0.2, -0.15) is 0 Å². The predicted octanol–water partition coefficient (Wildman–Crippen LogP) is 4.30. The van der Waals surface area contributed by atoms with E-state index >= 15 is 0 Å². The fourth-order valence-corrected chi connectivity index (χ4v) is 4.64. The van der Waals surface area contributed by atoms with Gasteiger partial charge in [-0.3, -0.25) is 14.5 Å². The number of fused-ring (bicyclic) bond motifs is 1. The standard InChI is InChI=1S/C27H26N4O2/c1-18-5-2-6-20-13-16-29-25(24(18)20)31(22-7-3-14-28-17-22)27(33)21-11-9-19(10-12-21)23-8-4-15-30-26(23)32/h2,4-6,8-13,15-16,22,28H,3,7,14,17H2,1H3,(H,30,32). The second kappa shape index (κ2) is 9.00. The minimum atomic E-state index is -0.151. The lowest BCUT2D eigenvalue weighted by atomic mass is 10.0. The van der Waals surface area contributed by atoms with Crippen molar-refractivity contribution in [3.8, 4) is 11.1 Å². The summed E-state index contributed by atoms with van der Waals surface area (Å²) in [6.07, 6.45) is 5.31. The summed E-state index contributed by atoms with van der Waals surface area (Å²) in [6, 6.07) is 19.0. The SMILES string of the molecule is Cc1cccc2ccnc(N(C(=O)c3ccc(-c4ccc[nH]c4=O)cc3)C3CCCNC3)c12. The quantitative estimate of drug-likeness (QED) is 0.498. The Morgan fingerprint density at radius 1 is 1.06 bits per heavy atom. The molecule has 4 aromatic rings. The van der Waals surface area contributed by atoms with Crippen LogP contribution in [0.25, 0.3) is 21.9 Å². The van der Waals surface area contributed by atoms with Crippen LogP contribution in [-0.2, 0) is 0 Å². The van der Waals surface area contributed by atoms with Crippen molar-refractivity contribution in [3.05, 3.63) is 94.5 Å². The van der Waals surface area contributed by atoms with Gasteiger partial charge < -0.3 is 10.3 Å². The number of aromatic nitrogens is 2. The van der Waals surface area contributed by atoms with Crippen molar-refractivity contribution in [2.75, 3.05) is 18.0 Å².